The third-order valence-corrected chi connectivity index (χ3v) is 2.55. The maximum absolute atomic E-state index is 4.47. The summed E-state index contributed by atoms with van der Waals surface area (Å²) in [6.07, 6.45) is 1.19. The topological polar surface area (TPSA) is 39.7 Å². The molecule has 2 heterocycles. The molecule has 0 aromatic carbocycles. The molecule has 0 aromatic heterocycles. The Bertz CT molecular complexity index is 184. The van der Waals surface area contributed by atoms with Crippen LogP contribution in [0.25, 0.3) is 0 Å². The highest BCUT2D eigenvalue weighted by molar-refractivity contribution is 5.84. The molecule has 2 aliphatic heterocycles. The van der Waals surface area contributed by atoms with Gasteiger partial charge in [0, 0.05) is 39.3 Å². The second-order valence-corrected chi connectivity index (χ2v) is 3.63. The van der Waals surface area contributed by atoms with Gasteiger partial charge in [0.1, 0.15) is 5.84 Å². The lowest BCUT2D eigenvalue weighted by molar-refractivity contribution is 0.269. The van der Waals surface area contributed by atoms with Crippen molar-refractivity contribution in [2.24, 2.45) is 4.99 Å². The van der Waals surface area contributed by atoms with Gasteiger partial charge in [0.05, 0.1) is 6.54 Å². The number of piperazine rings is 1. The van der Waals surface area contributed by atoms with Crippen molar-refractivity contribution >= 4 is 5.84 Å². The molecule has 0 amide bonds. The molecule has 2 aliphatic rings. The molecule has 0 unspecified atom stereocenters. The summed E-state index contributed by atoms with van der Waals surface area (Å²) >= 11 is 0. The highest BCUT2D eigenvalue weighted by Crippen LogP contribution is 1.95. The zero-order chi connectivity index (χ0) is 8.93. The Balaban J connectivity index is 1.78. The minimum absolute atomic E-state index is 1.01. The van der Waals surface area contributed by atoms with Gasteiger partial charge < -0.3 is 10.6 Å². The number of hydrogen-bond donors (Lipinski definition) is 2. The van der Waals surface area contributed by atoms with Crippen LogP contribution in [0.2, 0.25) is 0 Å². The predicted octanol–water partition coefficient (Wildman–Crippen LogP) is -0.717. The monoisotopic (exact) mass is 182 g/mol. The van der Waals surface area contributed by atoms with Gasteiger partial charge in [0.2, 0.25) is 0 Å². The van der Waals surface area contributed by atoms with Crippen LogP contribution in [0, 0.1) is 0 Å². The van der Waals surface area contributed by atoms with Crippen molar-refractivity contribution in [3.05, 3.63) is 0 Å². The maximum Gasteiger partial charge on any atom is 0.111 e. The van der Waals surface area contributed by atoms with Crippen molar-refractivity contribution in [3.8, 4) is 0 Å². The van der Waals surface area contributed by atoms with Crippen molar-refractivity contribution < 1.29 is 0 Å². The third-order valence-electron chi connectivity index (χ3n) is 2.55. The van der Waals surface area contributed by atoms with E-state index in [2.05, 4.69) is 20.5 Å². The molecule has 1 fully saturated rings. The van der Waals surface area contributed by atoms with E-state index in [1.54, 1.807) is 0 Å². The quantitative estimate of drug-likeness (QED) is 0.592. The van der Waals surface area contributed by atoms with Crippen molar-refractivity contribution in [2.45, 2.75) is 6.42 Å². The van der Waals surface area contributed by atoms with Crippen LogP contribution >= 0.6 is 0 Å². The normalized spacial score (nSPS) is 25.1. The smallest absolute Gasteiger partial charge is 0.111 e. The van der Waals surface area contributed by atoms with Crippen LogP contribution in [0.5, 0.6) is 0 Å². The van der Waals surface area contributed by atoms with Gasteiger partial charge in [0.25, 0.3) is 0 Å². The van der Waals surface area contributed by atoms with Crippen LogP contribution in [0.4, 0.5) is 0 Å². The predicted molar refractivity (Wildman–Crippen MR) is 54.2 cm³/mol. The molecule has 0 aromatic rings. The first-order valence-electron chi connectivity index (χ1n) is 5.15. The fourth-order valence-electron chi connectivity index (χ4n) is 1.77. The van der Waals surface area contributed by atoms with Gasteiger partial charge in [-0.25, -0.2) is 0 Å². The summed E-state index contributed by atoms with van der Waals surface area (Å²) in [6.45, 7) is 7.67. The molecule has 0 spiro atoms. The molecule has 0 radical (unpaired) electrons. The number of nitrogens with zero attached hydrogens (tertiary/aromatic N) is 2. The zero-order valence-corrected chi connectivity index (χ0v) is 8.05. The number of rotatable bonds is 2. The maximum atomic E-state index is 4.47. The van der Waals surface area contributed by atoms with Gasteiger partial charge >= 0.3 is 0 Å². The third kappa shape index (κ3) is 2.67. The van der Waals surface area contributed by atoms with E-state index in [1.807, 2.05) is 0 Å². The Morgan fingerprint density at radius 2 is 2.08 bits per heavy atom. The molecular formula is C9H18N4. The number of amidine groups is 1. The second kappa shape index (κ2) is 4.58. The molecular weight excluding hydrogens is 164 g/mol. The first-order valence-corrected chi connectivity index (χ1v) is 5.15. The summed E-state index contributed by atoms with van der Waals surface area (Å²) < 4.78 is 0. The Morgan fingerprint density at radius 3 is 2.77 bits per heavy atom. The molecule has 0 saturated carbocycles. The molecule has 4 nitrogen and oxygen atoms in total. The number of hydrogen-bond acceptors (Lipinski definition) is 4. The van der Waals surface area contributed by atoms with Gasteiger partial charge in [-0.15, -0.1) is 0 Å². The highest BCUT2D eigenvalue weighted by Gasteiger charge is 2.12. The highest BCUT2D eigenvalue weighted by atomic mass is 15.2. The molecule has 2 N–H and O–H groups in total. The summed E-state index contributed by atoms with van der Waals surface area (Å²) in [6, 6.07) is 0. The van der Waals surface area contributed by atoms with Gasteiger partial charge in [-0.2, -0.15) is 0 Å². The van der Waals surface area contributed by atoms with Gasteiger partial charge in [0.15, 0.2) is 0 Å². The Kier molecular flexibility index (Phi) is 3.16. The van der Waals surface area contributed by atoms with E-state index >= 15 is 0 Å². The molecule has 0 atom stereocenters. The summed E-state index contributed by atoms with van der Waals surface area (Å²) in [7, 11) is 0. The Hall–Kier alpha value is -0.610. The molecule has 4 heteroatoms. The van der Waals surface area contributed by atoms with E-state index in [-0.39, 0.29) is 0 Å². The SMILES string of the molecule is C1CN=C(CN2CCNCC2)NC1. The van der Waals surface area contributed by atoms with Crippen LogP contribution in [-0.2, 0) is 0 Å². The zero-order valence-electron chi connectivity index (χ0n) is 8.05. The fourth-order valence-corrected chi connectivity index (χ4v) is 1.77. The lowest BCUT2D eigenvalue weighted by Gasteiger charge is -2.28. The van der Waals surface area contributed by atoms with Crippen LogP contribution in [0.15, 0.2) is 4.99 Å². The molecule has 13 heavy (non-hydrogen) atoms. The van der Waals surface area contributed by atoms with Crippen LogP contribution in [-0.4, -0.2) is 56.5 Å². The van der Waals surface area contributed by atoms with Crippen LogP contribution in [0.3, 0.4) is 0 Å². The molecule has 0 aliphatic carbocycles. The van der Waals surface area contributed by atoms with Crippen LogP contribution < -0.4 is 10.6 Å². The minimum Gasteiger partial charge on any atom is -0.373 e. The average Bonchev–Trinajstić information content (AvgIpc) is 2.21. The Labute approximate surface area is 79.4 Å². The number of aliphatic imine (C=N–C) groups is 1. The van der Waals surface area contributed by atoms with Crippen molar-refractivity contribution in [3.63, 3.8) is 0 Å². The lowest BCUT2D eigenvalue weighted by atomic mass is 10.3. The van der Waals surface area contributed by atoms with E-state index in [4.69, 9.17) is 0 Å². The average molecular weight is 182 g/mol. The summed E-state index contributed by atoms with van der Waals surface area (Å²) in [4.78, 5) is 6.92. The van der Waals surface area contributed by atoms with E-state index in [1.165, 1.54) is 12.3 Å². The van der Waals surface area contributed by atoms with Gasteiger partial charge in [-0.3, -0.25) is 9.89 Å². The molecule has 2 rings (SSSR count). The van der Waals surface area contributed by atoms with E-state index in [0.29, 0.717) is 0 Å². The van der Waals surface area contributed by atoms with Gasteiger partial charge in [-0.05, 0) is 6.42 Å². The molecule has 1 saturated heterocycles. The van der Waals surface area contributed by atoms with Crippen molar-refractivity contribution in [1.29, 1.82) is 0 Å². The van der Waals surface area contributed by atoms with E-state index in [9.17, 15) is 0 Å². The first kappa shape index (κ1) is 8.97. The fraction of sp³-hybridized carbons (Fsp3) is 0.889. The van der Waals surface area contributed by atoms with Gasteiger partial charge in [-0.1, -0.05) is 0 Å². The standard InChI is InChI=1S/C9H18N4/c1-2-11-9(12-3-1)8-13-6-4-10-5-7-13/h10H,1-8H2,(H,11,12). The summed E-state index contributed by atoms with van der Waals surface area (Å²) in [5.74, 6) is 1.19. The summed E-state index contributed by atoms with van der Waals surface area (Å²) in [5.41, 5.74) is 0. The second-order valence-electron chi connectivity index (χ2n) is 3.63. The van der Waals surface area contributed by atoms with E-state index in [0.717, 1.165) is 45.8 Å². The number of nitrogens with one attached hydrogen (secondary N) is 2. The van der Waals surface area contributed by atoms with Crippen LogP contribution in [0.1, 0.15) is 6.42 Å². The molecule has 0 bridgehead atoms. The summed E-state index contributed by atoms with van der Waals surface area (Å²) in [5, 5.41) is 6.70. The first-order chi connectivity index (χ1) is 6.45. The van der Waals surface area contributed by atoms with Crippen molar-refractivity contribution in [2.75, 3.05) is 45.8 Å². The molecule has 74 valence electrons. The lowest BCUT2D eigenvalue weighted by Crippen LogP contribution is -2.48. The van der Waals surface area contributed by atoms with E-state index < -0.39 is 0 Å². The Morgan fingerprint density at radius 1 is 1.23 bits per heavy atom. The largest absolute Gasteiger partial charge is 0.373 e. The minimum atomic E-state index is 1.01. The van der Waals surface area contributed by atoms with Crippen molar-refractivity contribution in [1.82, 2.24) is 15.5 Å².